The molecule has 0 aliphatic carbocycles. The van der Waals surface area contributed by atoms with Gasteiger partial charge in [0.2, 0.25) is 0 Å². The Bertz CT molecular complexity index is 676. The molecule has 0 saturated heterocycles. The molecule has 0 saturated carbocycles. The van der Waals surface area contributed by atoms with E-state index >= 15 is 0 Å². The summed E-state index contributed by atoms with van der Waals surface area (Å²) in [4.78, 5) is 0. The normalized spacial score (nSPS) is 12.6. The van der Waals surface area contributed by atoms with Crippen LogP contribution in [0.25, 0.3) is 0 Å². The van der Waals surface area contributed by atoms with Gasteiger partial charge in [0.25, 0.3) is 0 Å². The summed E-state index contributed by atoms with van der Waals surface area (Å²) in [6.45, 7) is 10.4. The van der Waals surface area contributed by atoms with Gasteiger partial charge in [-0.3, -0.25) is 0 Å². The molecule has 0 aromatic heterocycles. The standard InChI is InChI=1S/C18H20Cl2O/c1-9-10(2)12(4)17(13(5)11(9)3)18(21)15-8-14(19)6-7-16(15)20/h6-8,18,21H,1-5H3. The summed E-state index contributed by atoms with van der Waals surface area (Å²) in [5.74, 6) is 0. The van der Waals surface area contributed by atoms with Crippen molar-refractivity contribution >= 4 is 23.2 Å². The van der Waals surface area contributed by atoms with Crippen LogP contribution in [0.5, 0.6) is 0 Å². The highest BCUT2D eigenvalue weighted by Gasteiger charge is 2.22. The first kappa shape index (κ1) is 16.4. The molecule has 0 aliphatic rings. The van der Waals surface area contributed by atoms with Crippen LogP contribution in [-0.4, -0.2) is 5.11 Å². The maximum Gasteiger partial charge on any atom is 0.106 e. The zero-order valence-corrected chi connectivity index (χ0v) is 14.5. The van der Waals surface area contributed by atoms with Crippen LogP contribution in [0.3, 0.4) is 0 Å². The quantitative estimate of drug-likeness (QED) is 0.761. The van der Waals surface area contributed by atoms with Crippen LogP contribution in [-0.2, 0) is 0 Å². The Hall–Kier alpha value is -1.02. The fraction of sp³-hybridized carbons (Fsp3) is 0.333. The van der Waals surface area contributed by atoms with E-state index in [0.717, 1.165) is 16.7 Å². The molecule has 0 radical (unpaired) electrons. The van der Waals surface area contributed by atoms with E-state index in [0.29, 0.717) is 15.6 Å². The highest BCUT2D eigenvalue weighted by molar-refractivity contribution is 6.33. The zero-order chi connectivity index (χ0) is 15.9. The number of hydrogen-bond donors (Lipinski definition) is 1. The van der Waals surface area contributed by atoms with Crippen molar-refractivity contribution in [1.29, 1.82) is 0 Å². The molecule has 112 valence electrons. The molecule has 2 rings (SSSR count). The Labute approximate surface area is 136 Å². The summed E-state index contributed by atoms with van der Waals surface area (Å²) < 4.78 is 0. The van der Waals surface area contributed by atoms with Crippen LogP contribution >= 0.6 is 23.2 Å². The molecule has 1 atom stereocenters. The van der Waals surface area contributed by atoms with E-state index < -0.39 is 6.10 Å². The van der Waals surface area contributed by atoms with Gasteiger partial charge in [0, 0.05) is 15.6 Å². The summed E-state index contributed by atoms with van der Waals surface area (Å²) in [6.07, 6.45) is -0.769. The van der Waals surface area contributed by atoms with Crippen molar-refractivity contribution in [1.82, 2.24) is 0 Å². The SMILES string of the molecule is Cc1c(C)c(C)c(C(O)c2cc(Cl)ccc2Cl)c(C)c1C. The number of aliphatic hydroxyl groups is 1. The Morgan fingerprint density at radius 2 is 1.29 bits per heavy atom. The average molecular weight is 323 g/mol. The molecule has 2 aromatic carbocycles. The van der Waals surface area contributed by atoms with Crippen molar-refractivity contribution in [3.05, 3.63) is 67.2 Å². The second kappa shape index (κ2) is 6.00. The fourth-order valence-electron chi connectivity index (χ4n) is 2.82. The fourth-order valence-corrected chi connectivity index (χ4v) is 3.22. The van der Waals surface area contributed by atoms with E-state index in [2.05, 4.69) is 20.8 Å². The van der Waals surface area contributed by atoms with E-state index in [1.165, 1.54) is 16.7 Å². The van der Waals surface area contributed by atoms with Gasteiger partial charge in [0.05, 0.1) is 0 Å². The van der Waals surface area contributed by atoms with Crippen LogP contribution in [0, 0.1) is 34.6 Å². The van der Waals surface area contributed by atoms with E-state index in [4.69, 9.17) is 23.2 Å². The predicted molar refractivity (Wildman–Crippen MR) is 90.7 cm³/mol. The molecule has 0 fully saturated rings. The monoisotopic (exact) mass is 322 g/mol. The van der Waals surface area contributed by atoms with E-state index in [1.807, 2.05) is 13.8 Å². The van der Waals surface area contributed by atoms with Crippen LogP contribution in [0.2, 0.25) is 10.0 Å². The number of rotatable bonds is 2. The summed E-state index contributed by atoms with van der Waals surface area (Å²) in [7, 11) is 0. The Morgan fingerprint density at radius 1 is 0.810 bits per heavy atom. The van der Waals surface area contributed by atoms with E-state index in [1.54, 1.807) is 18.2 Å². The molecule has 3 heteroatoms. The molecule has 0 aliphatic heterocycles. The molecule has 21 heavy (non-hydrogen) atoms. The van der Waals surface area contributed by atoms with Gasteiger partial charge < -0.3 is 5.11 Å². The van der Waals surface area contributed by atoms with Crippen molar-refractivity contribution in [2.24, 2.45) is 0 Å². The second-order valence-electron chi connectivity index (χ2n) is 5.61. The lowest BCUT2D eigenvalue weighted by Gasteiger charge is -2.23. The lowest BCUT2D eigenvalue weighted by atomic mass is 9.85. The largest absolute Gasteiger partial charge is 0.384 e. The minimum Gasteiger partial charge on any atom is -0.384 e. The van der Waals surface area contributed by atoms with Crippen molar-refractivity contribution in [3.8, 4) is 0 Å². The highest BCUT2D eigenvalue weighted by atomic mass is 35.5. The average Bonchev–Trinajstić information content (AvgIpc) is 2.45. The first-order valence-corrected chi connectivity index (χ1v) is 7.71. The Morgan fingerprint density at radius 3 is 1.81 bits per heavy atom. The number of aliphatic hydroxyl groups excluding tert-OH is 1. The molecule has 0 spiro atoms. The van der Waals surface area contributed by atoms with Crippen molar-refractivity contribution in [2.45, 2.75) is 40.7 Å². The van der Waals surface area contributed by atoms with Gasteiger partial charge in [-0.2, -0.15) is 0 Å². The summed E-state index contributed by atoms with van der Waals surface area (Å²) in [5, 5.41) is 12.0. The van der Waals surface area contributed by atoms with Gasteiger partial charge in [-0.15, -0.1) is 0 Å². The molecule has 0 amide bonds. The summed E-state index contributed by atoms with van der Waals surface area (Å²) in [5.41, 5.74) is 7.50. The minimum atomic E-state index is -0.769. The summed E-state index contributed by atoms with van der Waals surface area (Å²) >= 11 is 12.3. The van der Waals surface area contributed by atoms with Crippen LogP contribution in [0.4, 0.5) is 0 Å². The molecule has 1 N–H and O–H groups in total. The van der Waals surface area contributed by atoms with Crippen molar-refractivity contribution < 1.29 is 5.11 Å². The molecule has 0 bridgehead atoms. The molecular weight excluding hydrogens is 303 g/mol. The van der Waals surface area contributed by atoms with Crippen LogP contribution in [0.15, 0.2) is 18.2 Å². The van der Waals surface area contributed by atoms with Crippen LogP contribution < -0.4 is 0 Å². The Balaban J connectivity index is 2.69. The third kappa shape index (κ3) is 2.83. The van der Waals surface area contributed by atoms with Gasteiger partial charge >= 0.3 is 0 Å². The maximum atomic E-state index is 10.9. The third-order valence-corrected chi connectivity index (χ3v) is 5.16. The van der Waals surface area contributed by atoms with Gasteiger partial charge in [0.1, 0.15) is 6.10 Å². The summed E-state index contributed by atoms with van der Waals surface area (Å²) in [6, 6.07) is 5.18. The predicted octanol–water partition coefficient (Wildman–Crippen LogP) is 5.62. The molecular formula is C18H20Cl2O. The second-order valence-corrected chi connectivity index (χ2v) is 6.45. The third-order valence-electron chi connectivity index (χ3n) is 4.58. The maximum absolute atomic E-state index is 10.9. The number of halogens is 2. The van der Waals surface area contributed by atoms with E-state index in [9.17, 15) is 5.11 Å². The van der Waals surface area contributed by atoms with Gasteiger partial charge in [-0.25, -0.2) is 0 Å². The lowest BCUT2D eigenvalue weighted by Crippen LogP contribution is -2.09. The van der Waals surface area contributed by atoms with Crippen molar-refractivity contribution in [2.75, 3.05) is 0 Å². The molecule has 0 heterocycles. The molecule has 1 nitrogen and oxygen atoms in total. The topological polar surface area (TPSA) is 20.2 Å². The number of hydrogen-bond acceptors (Lipinski definition) is 1. The smallest absolute Gasteiger partial charge is 0.106 e. The molecule has 2 aromatic rings. The van der Waals surface area contributed by atoms with Gasteiger partial charge in [-0.05, 0) is 86.2 Å². The lowest BCUT2D eigenvalue weighted by molar-refractivity contribution is 0.218. The van der Waals surface area contributed by atoms with Gasteiger partial charge in [-0.1, -0.05) is 23.2 Å². The van der Waals surface area contributed by atoms with Gasteiger partial charge in [0.15, 0.2) is 0 Å². The van der Waals surface area contributed by atoms with Crippen LogP contribution in [0.1, 0.15) is 45.0 Å². The molecule has 1 unspecified atom stereocenters. The highest BCUT2D eigenvalue weighted by Crippen LogP contribution is 2.36. The van der Waals surface area contributed by atoms with E-state index in [-0.39, 0.29) is 0 Å². The minimum absolute atomic E-state index is 0.529. The first-order chi connectivity index (χ1) is 9.75. The Kier molecular flexibility index (Phi) is 4.67. The zero-order valence-electron chi connectivity index (χ0n) is 13.0. The number of benzene rings is 2. The first-order valence-electron chi connectivity index (χ1n) is 6.95. The van der Waals surface area contributed by atoms with Crippen molar-refractivity contribution in [3.63, 3.8) is 0 Å².